The zero-order chi connectivity index (χ0) is 14.3. The van der Waals surface area contributed by atoms with Crippen molar-refractivity contribution in [1.29, 1.82) is 0 Å². The molecule has 2 heterocycles. The van der Waals surface area contributed by atoms with Gasteiger partial charge < -0.3 is 15.2 Å². The Morgan fingerprint density at radius 3 is 2.60 bits per heavy atom. The molecule has 2 aliphatic heterocycles. The van der Waals surface area contributed by atoms with Gasteiger partial charge in [-0.25, -0.2) is 0 Å². The first kappa shape index (κ1) is 13.7. The summed E-state index contributed by atoms with van der Waals surface area (Å²) >= 11 is 0. The van der Waals surface area contributed by atoms with Crippen LogP contribution < -0.4 is 15.2 Å². The molecule has 0 amide bonds. The molecule has 0 saturated carbocycles. The van der Waals surface area contributed by atoms with Crippen LogP contribution in [0.25, 0.3) is 0 Å². The van der Waals surface area contributed by atoms with Crippen LogP contribution in [-0.4, -0.2) is 38.3 Å². The van der Waals surface area contributed by atoms with Gasteiger partial charge in [0.05, 0.1) is 14.2 Å². The van der Waals surface area contributed by atoms with Crippen molar-refractivity contribution in [1.82, 2.24) is 4.90 Å². The summed E-state index contributed by atoms with van der Waals surface area (Å²) in [5, 5.41) is 0. The maximum Gasteiger partial charge on any atom is 0.161 e. The summed E-state index contributed by atoms with van der Waals surface area (Å²) in [6, 6.07) is 5.00. The number of benzene rings is 1. The maximum atomic E-state index is 6.29. The minimum absolute atomic E-state index is 0.287. The summed E-state index contributed by atoms with van der Waals surface area (Å²) in [5.41, 5.74) is 9.04. The summed E-state index contributed by atoms with van der Waals surface area (Å²) in [6.07, 6.45) is 2.11. The predicted octanol–water partition coefficient (Wildman–Crippen LogP) is 1.97. The Labute approximate surface area is 120 Å². The van der Waals surface area contributed by atoms with Crippen LogP contribution in [0.5, 0.6) is 11.5 Å². The molecule has 3 atom stereocenters. The Bertz CT molecular complexity index is 503. The number of rotatable bonds is 2. The van der Waals surface area contributed by atoms with Crippen LogP contribution >= 0.6 is 0 Å². The molecule has 2 aliphatic rings. The summed E-state index contributed by atoms with van der Waals surface area (Å²) in [7, 11) is 3.39. The van der Waals surface area contributed by atoms with Crippen LogP contribution in [0.2, 0.25) is 0 Å². The second kappa shape index (κ2) is 5.26. The highest BCUT2D eigenvalue weighted by molar-refractivity contribution is 5.49. The largest absolute Gasteiger partial charge is 0.493 e. The lowest BCUT2D eigenvalue weighted by molar-refractivity contribution is 0.0899. The van der Waals surface area contributed by atoms with E-state index in [4.69, 9.17) is 15.2 Å². The number of methoxy groups -OCH3 is 2. The second-order valence-electron chi connectivity index (χ2n) is 6.04. The van der Waals surface area contributed by atoms with E-state index < -0.39 is 0 Å². The lowest BCUT2D eigenvalue weighted by Crippen LogP contribution is -2.49. The zero-order valence-corrected chi connectivity index (χ0v) is 12.6. The lowest BCUT2D eigenvalue weighted by Gasteiger charge is -2.45. The Morgan fingerprint density at radius 1 is 1.20 bits per heavy atom. The first-order chi connectivity index (χ1) is 9.63. The van der Waals surface area contributed by atoms with E-state index in [0.717, 1.165) is 37.4 Å². The second-order valence-corrected chi connectivity index (χ2v) is 6.04. The van der Waals surface area contributed by atoms with Gasteiger partial charge >= 0.3 is 0 Å². The number of ether oxygens (including phenoxy) is 2. The van der Waals surface area contributed by atoms with E-state index in [0.29, 0.717) is 12.0 Å². The number of hydrogen-bond acceptors (Lipinski definition) is 4. The molecule has 0 radical (unpaired) electrons. The van der Waals surface area contributed by atoms with Gasteiger partial charge in [0, 0.05) is 25.2 Å². The van der Waals surface area contributed by atoms with Crippen molar-refractivity contribution < 1.29 is 9.47 Å². The normalized spacial score (nSPS) is 29.5. The van der Waals surface area contributed by atoms with E-state index in [1.807, 2.05) is 0 Å². The van der Waals surface area contributed by atoms with Gasteiger partial charge in [-0.05, 0) is 42.0 Å². The Kier molecular flexibility index (Phi) is 3.61. The lowest BCUT2D eigenvalue weighted by atomic mass is 9.81. The van der Waals surface area contributed by atoms with E-state index in [2.05, 4.69) is 24.0 Å². The quantitative estimate of drug-likeness (QED) is 0.897. The van der Waals surface area contributed by atoms with Gasteiger partial charge in [0.25, 0.3) is 0 Å². The van der Waals surface area contributed by atoms with Gasteiger partial charge in [-0.1, -0.05) is 6.92 Å². The number of piperidine rings is 1. The fourth-order valence-electron chi connectivity index (χ4n) is 3.57. The fourth-order valence-corrected chi connectivity index (χ4v) is 3.57. The van der Waals surface area contributed by atoms with Gasteiger partial charge in [0.1, 0.15) is 0 Å². The van der Waals surface area contributed by atoms with Gasteiger partial charge in [-0.2, -0.15) is 0 Å². The summed E-state index contributed by atoms with van der Waals surface area (Å²) in [4.78, 5) is 2.57. The first-order valence-corrected chi connectivity index (χ1v) is 7.38. The van der Waals surface area contributed by atoms with Gasteiger partial charge in [-0.3, -0.25) is 4.90 Å². The summed E-state index contributed by atoms with van der Waals surface area (Å²) in [5.74, 6) is 2.22. The third-order valence-corrected chi connectivity index (χ3v) is 4.86. The molecule has 0 bridgehead atoms. The van der Waals surface area contributed by atoms with E-state index in [-0.39, 0.29) is 6.04 Å². The van der Waals surface area contributed by atoms with Crippen LogP contribution in [-0.2, 0) is 6.42 Å². The predicted molar refractivity (Wildman–Crippen MR) is 79.3 cm³/mol. The fraction of sp³-hybridized carbons (Fsp3) is 0.625. The average molecular weight is 276 g/mol. The average Bonchev–Trinajstić information content (AvgIpc) is 2.47. The van der Waals surface area contributed by atoms with Crippen LogP contribution in [0, 0.1) is 5.92 Å². The topological polar surface area (TPSA) is 47.7 Å². The molecule has 0 aliphatic carbocycles. The summed E-state index contributed by atoms with van der Waals surface area (Å²) < 4.78 is 10.9. The highest BCUT2D eigenvalue weighted by atomic mass is 16.5. The van der Waals surface area contributed by atoms with Crippen molar-refractivity contribution in [2.45, 2.75) is 31.8 Å². The Balaban J connectivity index is 1.99. The number of hydrogen-bond donors (Lipinski definition) is 1. The molecule has 1 aromatic rings. The highest BCUT2D eigenvalue weighted by Gasteiger charge is 2.36. The van der Waals surface area contributed by atoms with Crippen LogP contribution in [0.15, 0.2) is 12.1 Å². The smallest absolute Gasteiger partial charge is 0.161 e. The molecule has 4 nitrogen and oxygen atoms in total. The third kappa shape index (κ3) is 2.17. The monoisotopic (exact) mass is 276 g/mol. The molecule has 0 aromatic heterocycles. The van der Waals surface area contributed by atoms with Gasteiger partial charge in [0.15, 0.2) is 11.5 Å². The zero-order valence-electron chi connectivity index (χ0n) is 12.6. The maximum absolute atomic E-state index is 6.29. The number of nitrogens with zero attached hydrogens (tertiary/aromatic N) is 1. The van der Waals surface area contributed by atoms with Gasteiger partial charge in [-0.15, -0.1) is 0 Å². The van der Waals surface area contributed by atoms with Crippen molar-refractivity contribution in [3.63, 3.8) is 0 Å². The molecule has 20 heavy (non-hydrogen) atoms. The summed E-state index contributed by atoms with van der Waals surface area (Å²) in [6.45, 7) is 4.47. The molecule has 2 N–H and O–H groups in total. The molecule has 0 unspecified atom stereocenters. The number of nitrogens with two attached hydrogens (primary N) is 1. The third-order valence-electron chi connectivity index (χ3n) is 4.86. The number of fused-ring (bicyclic) bond motifs is 3. The van der Waals surface area contributed by atoms with E-state index in [9.17, 15) is 0 Å². The minimum Gasteiger partial charge on any atom is -0.493 e. The molecular weight excluding hydrogens is 252 g/mol. The van der Waals surface area contributed by atoms with Crippen LogP contribution in [0.1, 0.15) is 30.5 Å². The standard InChI is InChI=1S/C16H24N2O2/c1-10-9-18-5-4-11-6-15(19-2)16(20-3)7-12(11)14(18)8-13(10)17/h6-7,10,13-14H,4-5,8-9,17H2,1-3H3/t10-,13-,14-/m0/s1. The minimum atomic E-state index is 0.287. The molecule has 1 fully saturated rings. The van der Waals surface area contributed by atoms with Crippen molar-refractivity contribution >= 4 is 0 Å². The van der Waals surface area contributed by atoms with E-state index >= 15 is 0 Å². The van der Waals surface area contributed by atoms with Crippen molar-refractivity contribution in [3.8, 4) is 11.5 Å². The van der Waals surface area contributed by atoms with E-state index in [1.54, 1.807) is 14.2 Å². The molecule has 0 spiro atoms. The van der Waals surface area contributed by atoms with Gasteiger partial charge in [0.2, 0.25) is 0 Å². The van der Waals surface area contributed by atoms with Crippen LogP contribution in [0.4, 0.5) is 0 Å². The SMILES string of the molecule is COc1cc2c(cc1OC)[C@@H]1C[C@H](N)[C@@H](C)CN1CC2. The van der Waals surface area contributed by atoms with E-state index in [1.165, 1.54) is 11.1 Å². The molecule has 110 valence electrons. The molecular formula is C16H24N2O2. The molecule has 4 heteroatoms. The van der Waals surface area contributed by atoms with Crippen molar-refractivity contribution in [3.05, 3.63) is 23.3 Å². The Hall–Kier alpha value is -1.26. The molecule has 3 rings (SSSR count). The van der Waals surface area contributed by atoms with Crippen molar-refractivity contribution in [2.24, 2.45) is 11.7 Å². The molecule has 1 saturated heterocycles. The Morgan fingerprint density at radius 2 is 1.90 bits per heavy atom. The van der Waals surface area contributed by atoms with Crippen molar-refractivity contribution in [2.75, 3.05) is 27.3 Å². The first-order valence-electron chi connectivity index (χ1n) is 7.38. The molecule has 1 aromatic carbocycles. The highest BCUT2D eigenvalue weighted by Crippen LogP contribution is 2.42. The van der Waals surface area contributed by atoms with Crippen LogP contribution in [0.3, 0.4) is 0 Å².